The van der Waals surface area contributed by atoms with Crippen LogP contribution in [0.15, 0.2) is 132 Å². The van der Waals surface area contributed by atoms with Crippen molar-refractivity contribution < 1.29 is 19.0 Å². The van der Waals surface area contributed by atoms with Gasteiger partial charge in [0.05, 0.1) is 18.5 Å². The highest BCUT2D eigenvalue weighted by atomic mass is 35.5. The molecule has 0 atom stereocenters. The van der Waals surface area contributed by atoms with Crippen LogP contribution in [0.25, 0.3) is 11.3 Å². The van der Waals surface area contributed by atoms with Gasteiger partial charge in [-0.3, -0.25) is 4.79 Å². The average molecular weight is 689 g/mol. The Balaban J connectivity index is 1.05. The molecule has 0 spiro atoms. The molecule has 0 unspecified atom stereocenters. The van der Waals surface area contributed by atoms with Gasteiger partial charge in [-0.15, -0.1) is 11.3 Å². The van der Waals surface area contributed by atoms with E-state index in [1.165, 1.54) is 17.6 Å². The number of anilines is 2. The van der Waals surface area contributed by atoms with Crippen LogP contribution in [-0.4, -0.2) is 23.7 Å². The minimum Gasteiger partial charge on any atom is -0.490 e. The summed E-state index contributed by atoms with van der Waals surface area (Å²) < 4.78 is 18.0. The van der Waals surface area contributed by atoms with E-state index in [9.17, 15) is 4.79 Å². The third kappa shape index (κ3) is 9.25. The van der Waals surface area contributed by atoms with Crippen molar-refractivity contribution in [3.05, 3.63) is 154 Å². The van der Waals surface area contributed by atoms with Gasteiger partial charge in [0, 0.05) is 32.8 Å². The van der Waals surface area contributed by atoms with Crippen LogP contribution in [0.1, 0.15) is 34.0 Å². The highest BCUT2D eigenvalue weighted by molar-refractivity contribution is 7.14. The summed E-state index contributed by atoms with van der Waals surface area (Å²) in [6.45, 7) is 3.13. The van der Waals surface area contributed by atoms with Gasteiger partial charge in [0.1, 0.15) is 19.0 Å². The number of amides is 1. The van der Waals surface area contributed by atoms with Crippen molar-refractivity contribution in [3.63, 3.8) is 0 Å². The van der Waals surface area contributed by atoms with E-state index in [0.29, 0.717) is 46.6 Å². The van der Waals surface area contributed by atoms with Crippen LogP contribution in [0.5, 0.6) is 17.2 Å². The summed E-state index contributed by atoms with van der Waals surface area (Å²) in [7, 11) is 0. The Kier molecular flexibility index (Phi) is 11.2. The first-order valence-corrected chi connectivity index (χ1v) is 16.9. The Morgan fingerprint density at radius 2 is 1.51 bits per heavy atom. The molecule has 8 nitrogen and oxygen atoms in total. The van der Waals surface area contributed by atoms with Crippen LogP contribution >= 0.6 is 22.9 Å². The van der Waals surface area contributed by atoms with E-state index in [1.807, 2.05) is 103 Å². The molecule has 6 aromatic rings. The lowest BCUT2D eigenvalue weighted by atomic mass is 10.1. The number of aromatic nitrogens is 1. The summed E-state index contributed by atoms with van der Waals surface area (Å²) in [5, 5.41) is 10.8. The fourth-order valence-electron chi connectivity index (χ4n) is 4.80. The summed E-state index contributed by atoms with van der Waals surface area (Å²) in [6.07, 6.45) is 1.51. The second-order valence-corrected chi connectivity index (χ2v) is 12.1. The molecule has 1 aromatic heterocycles. The Hall–Kier alpha value is -5.64. The molecule has 49 heavy (non-hydrogen) atoms. The molecular formula is C39H33ClN4O4S. The largest absolute Gasteiger partial charge is 0.490 e. The lowest BCUT2D eigenvalue weighted by Crippen LogP contribution is -2.17. The molecular weight excluding hydrogens is 656 g/mol. The highest BCUT2D eigenvalue weighted by Crippen LogP contribution is 2.31. The zero-order valence-corrected chi connectivity index (χ0v) is 28.2. The Morgan fingerprint density at radius 3 is 2.29 bits per heavy atom. The fraction of sp³-hybridized carbons (Fsp3) is 0.103. The van der Waals surface area contributed by atoms with Crippen molar-refractivity contribution >= 4 is 45.9 Å². The van der Waals surface area contributed by atoms with E-state index < -0.39 is 0 Å². The molecule has 0 saturated carbocycles. The molecule has 0 radical (unpaired) electrons. The van der Waals surface area contributed by atoms with E-state index in [-0.39, 0.29) is 12.5 Å². The van der Waals surface area contributed by atoms with Crippen molar-refractivity contribution in [2.45, 2.75) is 20.1 Å². The smallest absolute Gasteiger partial charge is 0.271 e. The summed E-state index contributed by atoms with van der Waals surface area (Å²) >= 11 is 7.80. The van der Waals surface area contributed by atoms with Crippen LogP contribution in [-0.2, 0) is 13.2 Å². The topological polar surface area (TPSA) is 94.1 Å². The van der Waals surface area contributed by atoms with Gasteiger partial charge in [-0.2, -0.15) is 5.10 Å². The molecule has 1 amide bonds. The van der Waals surface area contributed by atoms with Gasteiger partial charge >= 0.3 is 0 Å². The summed E-state index contributed by atoms with van der Waals surface area (Å²) in [4.78, 5) is 17.5. The molecule has 1 heterocycles. The number of carbonyl (C=O) groups excluding carboxylic acids is 1. The number of carbonyl (C=O) groups is 1. The minimum atomic E-state index is -0.352. The molecule has 0 aliphatic carbocycles. The van der Waals surface area contributed by atoms with Crippen molar-refractivity contribution in [2.24, 2.45) is 5.10 Å². The summed E-state index contributed by atoms with van der Waals surface area (Å²) in [5.41, 5.74) is 8.32. The Morgan fingerprint density at radius 1 is 0.796 bits per heavy atom. The van der Waals surface area contributed by atoms with Gasteiger partial charge in [-0.25, -0.2) is 10.4 Å². The number of rotatable bonds is 14. The number of halogens is 1. The van der Waals surface area contributed by atoms with Crippen molar-refractivity contribution in [1.82, 2.24) is 10.4 Å². The molecule has 2 N–H and O–H groups in total. The lowest BCUT2D eigenvalue weighted by molar-refractivity contribution is 0.0955. The van der Waals surface area contributed by atoms with Crippen LogP contribution in [0, 0.1) is 0 Å². The number of hydrazone groups is 1. The fourth-order valence-corrected chi connectivity index (χ4v) is 5.72. The molecule has 0 aliphatic rings. The Bertz CT molecular complexity index is 2020. The number of benzene rings is 5. The number of para-hydroxylation sites is 1. The zero-order valence-electron chi connectivity index (χ0n) is 26.6. The molecule has 0 aliphatic heterocycles. The summed E-state index contributed by atoms with van der Waals surface area (Å²) in [5.74, 6) is 1.51. The van der Waals surface area contributed by atoms with Gasteiger partial charge in [0.25, 0.3) is 5.91 Å². The van der Waals surface area contributed by atoms with Crippen molar-refractivity contribution in [1.29, 1.82) is 0 Å². The van der Waals surface area contributed by atoms with Crippen LogP contribution in [0.2, 0.25) is 5.02 Å². The van der Waals surface area contributed by atoms with E-state index in [2.05, 4.69) is 20.8 Å². The standard InChI is InChI=1S/C39H33ClN4O4S/c1-2-46-37-21-28(13-19-36(37)48-24-27-9-5-3-6-10-27)25-47-35-20-18-32(40)22-31(35)23-41-44-38(45)30-16-14-29(15-17-30)34-26-49-39(43-34)42-33-11-7-4-8-12-33/h3-23,26H,2,24-25H2,1H3,(H,42,43)(H,44,45)/b41-23+. The van der Waals surface area contributed by atoms with Gasteiger partial charge < -0.3 is 19.5 Å². The quantitative estimate of drug-likeness (QED) is 0.0875. The third-order valence-corrected chi connectivity index (χ3v) is 8.25. The van der Waals surface area contributed by atoms with Gasteiger partial charge in [-0.05, 0) is 72.6 Å². The van der Waals surface area contributed by atoms with Crippen LogP contribution < -0.4 is 25.0 Å². The van der Waals surface area contributed by atoms with Crippen molar-refractivity contribution in [2.75, 3.05) is 11.9 Å². The number of hydrogen-bond acceptors (Lipinski definition) is 8. The molecule has 5 aromatic carbocycles. The predicted octanol–water partition coefficient (Wildman–Crippen LogP) is 9.53. The zero-order chi connectivity index (χ0) is 33.8. The second kappa shape index (κ2) is 16.5. The lowest BCUT2D eigenvalue weighted by Gasteiger charge is -2.14. The predicted molar refractivity (Wildman–Crippen MR) is 197 cm³/mol. The molecule has 0 saturated heterocycles. The molecule has 6 rings (SSSR count). The summed E-state index contributed by atoms with van der Waals surface area (Å²) in [6, 6.07) is 38.0. The Labute approximate surface area is 294 Å². The molecule has 0 bridgehead atoms. The van der Waals surface area contributed by atoms with Crippen LogP contribution in [0.4, 0.5) is 10.8 Å². The number of thiazole rings is 1. The molecule has 0 fully saturated rings. The van der Waals surface area contributed by atoms with E-state index in [0.717, 1.165) is 33.2 Å². The SMILES string of the molecule is CCOc1cc(COc2ccc(Cl)cc2/C=N/NC(=O)c2ccc(-c3csc(Nc4ccccc4)n3)cc2)ccc1OCc1ccccc1. The highest BCUT2D eigenvalue weighted by Gasteiger charge is 2.11. The van der Waals surface area contributed by atoms with Crippen molar-refractivity contribution in [3.8, 4) is 28.5 Å². The van der Waals surface area contributed by atoms with E-state index in [4.69, 9.17) is 25.8 Å². The van der Waals surface area contributed by atoms with Gasteiger partial charge in [-0.1, -0.05) is 78.3 Å². The minimum absolute atomic E-state index is 0.267. The normalized spacial score (nSPS) is 10.9. The number of ether oxygens (including phenoxy) is 3. The molecule has 10 heteroatoms. The first-order chi connectivity index (χ1) is 24.0. The van der Waals surface area contributed by atoms with Crippen LogP contribution in [0.3, 0.4) is 0 Å². The number of hydrogen-bond donors (Lipinski definition) is 2. The second-order valence-electron chi connectivity index (χ2n) is 10.8. The number of nitrogens with zero attached hydrogens (tertiary/aromatic N) is 2. The van der Waals surface area contributed by atoms with E-state index in [1.54, 1.807) is 30.3 Å². The van der Waals surface area contributed by atoms with Gasteiger partial charge in [0.2, 0.25) is 0 Å². The average Bonchev–Trinajstić information content (AvgIpc) is 3.60. The maximum absolute atomic E-state index is 12.9. The monoisotopic (exact) mass is 688 g/mol. The maximum atomic E-state index is 12.9. The van der Waals surface area contributed by atoms with Gasteiger partial charge in [0.15, 0.2) is 16.6 Å². The first kappa shape index (κ1) is 33.3. The van der Waals surface area contributed by atoms with E-state index >= 15 is 0 Å². The third-order valence-electron chi connectivity index (χ3n) is 7.25. The first-order valence-electron chi connectivity index (χ1n) is 15.6. The maximum Gasteiger partial charge on any atom is 0.271 e. The number of nitrogens with one attached hydrogen (secondary N) is 2. The molecule has 246 valence electrons.